The van der Waals surface area contributed by atoms with Gasteiger partial charge in [0.05, 0.1) is 5.69 Å². The van der Waals surface area contributed by atoms with Crippen molar-refractivity contribution in [1.29, 1.82) is 0 Å². The van der Waals surface area contributed by atoms with Crippen LogP contribution >= 0.6 is 15.9 Å². The van der Waals surface area contributed by atoms with Gasteiger partial charge < -0.3 is 10.3 Å². The van der Waals surface area contributed by atoms with Gasteiger partial charge in [0.25, 0.3) is 0 Å². The van der Waals surface area contributed by atoms with E-state index in [2.05, 4.69) is 15.9 Å². The molecule has 1 heterocycles. The average molecular weight is 307 g/mol. The molecular formula is C14H15BrN2O. The lowest BCUT2D eigenvalue weighted by Gasteiger charge is -2.09. The summed E-state index contributed by atoms with van der Waals surface area (Å²) in [6.45, 7) is 4.70. The van der Waals surface area contributed by atoms with E-state index in [0.717, 1.165) is 16.7 Å². The molecule has 0 fully saturated rings. The molecule has 0 spiro atoms. The number of carbonyl (C=O) groups is 1. The Morgan fingerprint density at radius 2 is 1.94 bits per heavy atom. The highest BCUT2D eigenvalue weighted by atomic mass is 79.9. The van der Waals surface area contributed by atoms with Gasteiger partial charge in [-0.25, -0.2) is 0 Å². The molecule has 94 valence electrons. The number of carbonyl (C=O) groups excluding carboxylic acids is 1. The maximum atomic E-state index is 12.5. The Morgan fingerprint density at radius 3 is 2.50 bits per heavy atom. The zero-order valence-electron chi connectivity index (χ0n) is 10.4. The second-order valence-electron chi connectivity index (χ2n) is 4.17. The number of rotatable bonds is 3. The van der Waals surface area contributed by atoms with Crippen LogP contribution in [-0.4, -0.2) is 10.4 Å². The molecule has 0 saturated heterocycles. The summed E-state index contributed by atoms with van der Waals surface area (Å²) in [6.07, 6.45) is 0. The van der Waals surface area contributed by atoms with E-state index in [4.69, 9.17) is 5.73 Å². The highest BCUT2D eigenvalue weighted by molar-refractivity contribution is 9.10. The van der Waals surface area contributed by atoms with Crippen LogP contribution in [0.4, 0.5) is 5.69 Å². The van der Waals surface area contributed by atoms with Gasteiger partial charge >= 0.3 is 0 Å². The van der Waals surface area contributed by atoms with Crippen molar-refractivity contribution < 1.29 is 4.79 Å². The zero-order valence-corrected chi connectivity index (χ0v) is 12.0. The first-order valence-electron chi connectivity index (χ1n) is 5.80. The summed E-state index contributed by atoms with van der Waals surface area (Å²) in [6, 6.07) is 9.16. The highest BCUT2D eigenvalue weighted by Crippen LogP contribution is 2.22. The largest absolute Gasteiger partial charge is 0.397 e. The Balaban J connectivity index is 2.49. The molecule has 0 radical (unpaired) electrons. The van der Waals surface area contributed by atoms with Crippen LogP contribution in [0, 0.1) is 6.92 Å². The number of anilines is 1. The summed E-state index contributed by atoms with van der Waals surface area (Å²) in [5.74, 6) is -0.0325. The van der Waals surface area contributed by atoms with Crippen molar-refractivity contribution in [3.8, 4) is 0 Å². The highest BCUT2D eigenvalue weighted by Gasteiger charge is 2.18. The molecule has 3 nitrogen and oxygen atoms in total. The molecule has 0 aliphatic heterocycles. The van der Waals surface area contributed by atoms with Gasteiger partial charge in [0.2, 0.25) is 5.78 Å². The second-order valence-corrected chi connectivity index (χ2v) is 5.09. The quantitative estimate of drug-likeness (QED) is 0.884. The summed E-state index contributed by atoms with van der Waals surface area (Å²) in [4.78, 5) is 12.5. The number of aryl methyl sites for hydroxylation is 1. The Bertz CT molecular complexity index is 585. The summed E-state index contributed by atoms with van der Waals surface area (Å²) in [5.41, 5.74) is 8.72. The lowest BCUT2D eigenvalue weighted by molar-refractivity contribution is 0.103. The van der Waals surface area contributed by atoms with Crippen LogP contribution in [0.15, 0.2) is 34.8 Å². The number of hydrogen-bond donors (Lipinski definition) is 1. The topological polar surface area (TPSA) is 48.0 Å². The molecule has 0 aliphatic rings. The van der Waals surface area contributed by atoms with Crippen molar-refractivity contribution in [2.45, 2.75) is 20.4 Å². The number of aromatic nitrogens is 1. The zero-order chi connectivity index (χ0) is 13.3. The van der Waals surface area contributed by atoms with E-state index >= 15 is 0 Å². The van der Waals surface area contributed by atoms with Crippen LogP contribution in [0.3, 0.4) is 0 Å². The van der Waals surface area contributed by atoms with E-state index in [0.29, 0.717) is 16.9 Å². The van der Waals surface area contributed by atoms with Crippen LogP contribution in [0.2, 0.25) is 0 Å². The summed E-state index contributed by atoms with van der Waals surface area (Å²) in [7, 11) is 0. The van der Waals surface area contributed by atoms with Gasteiger partial charge in [0.1, 0.15) is 5.69 Å². The molecule has 0 bridgehead atoms. The Morgan fingerprint density at radius 1 is 1.33 bits per heavy atom. The molecule has 0 atom stereocenters. The molecule has 0 unspecified atom stereocenters. The predicted octanol–water partition coefficient (Wildman–Crippen LogP) is 3.39. The van der Waals surface area contributed by atoms with Gasteiger partial charge in [0, 0.05) is 22.3 Å². The number of nitrogens with two attached hydrogens (primary N) is 1. The van der Waals surface area contributed by atoms with Gasteiger partial charge in [-0.15, -0.1) is 0 Å². The number of benzene rings is 1. The van der Waals surface area contributed by atoms with Crippen molar-refractivity contribution in [1.82, 2.24) is 4.57 Å². The molecular weight excluding hydrogens is 292 g/mol. The molecule has 18 heavy (non-hydrogen) atoms. The fraction of sp³-hybridized carbons (Fsp3) is 0.214. The molecule has 4 heteroatoms. The van der Waals surface area contributed by atoms with E-state index in [-0.39, 0.29) is 5.78 Å². The standard InChI is InChI=1S/C14H15BrN2O/c1-3-17-9(2)8-12(16)13(17)14(18)10-4-6-11(15)7-5-10/h4-8H,3,16H2,1-2H3. The summed E-state index contributed by atoms with van der Waals surface area (Å²) in [5, 5.41) is 0. The summed E-state index contributed by atoms with van der Waals surface area (Å²) >= 11 is 3.36. The third kappa shape index (κ3) is 2.20. The number of nitrogen functional groups attached to an aromatic ring is 1. The minimum Gasteiger partial charge on any atom is -0.397 e. The number of ketones is 1. The normalized spacial score (nSPS) is 10.6. The van der Waals surface area contributed by atoms with Crippen molar-refractivity contribution in [2.75, 3.05) is 5.73 Å². The Kier molecular flexibility index (Phi) is 3.57. The van der Waals surface area contributed by atoms with Gasteiger partial charge in [-0.05, 0) is 44.2 Å². The van der Waals surface area contributed by atoms with E-state index in [1.807, 2.05) is 36.6 Å². The maximum absolute atomic E-state index is 12.5. The molecule has 0 amide bonds. The Labute approximate surface area is 115 Å². The van der Waals surface area contributed by atoms with Crippen molar-refractivity contribution >= 4 is 27.4 Å². The Hall–Kier alpha value is -1.55. The number of hydrogen-bond acceptors (Lipinski definition) is 2. The lowest BCUT2D eigenvalue weighted by atomic mass is 10.1. The van der Waals surface area contributed by atoms with E-state index in [1.165, 1.54) is 0 Å². The fourth-order valence-electron chi connectivity index (χ4n) is 2.10. The van der Waals surface area contributed by atoms with Crippen LogP contribution < -0.4 is 5.73 Å². The minimum absolute atomic E-state index is 0.0325. The van der Waals surface area contributed by atoms with Crippen molar-refractivity contribution in [3.63, 3.8) is 0 Å². The van der Waals surface area contributed by atoms with Gasteiger partial charge in [-0.2, -0.15) is 0 Å². The number of nitrogens with zero attached hydrogens (tertiary/aromatic N) is 1. The average Bonchev–Trinajstić information content (AvgIpc) is 2.63. The van der Waals surface area contributed by atoms with Crippen LogP contribution in [0.1, 0.15) is 28.7 Å². The van der Waals surface area contributed by atoms with Crippen molar-refractivity contribution in [3.05, 3.63) is 51.8 Å². The SMILES string of the molecule is CCn1c(C)cc(N)c1C(=O)c1ccc(Br)cc1. The minimum atomic E-state index is -0.0325. The third-order valence-electron chi connectivity index (χ3n) is 2.97. The fourth-order valence-corrected chi connectivity index (χ4v) is 2.37. The number of halogens is 1. The van der Waals surface area contributed by atoms with E-state index in [1.54, 1.807) is 12.1 Å². The monoisotopic (exact) mass is 306 g/mol. The van der Waals surface area contributed by atoms with Gasteiger partial charge in [-0.1, -0.05) is 15.9 Å². The smallest absolute Gasteiger partial charge is 0.211 e. The molecule has 0 saturated carbocycles. The second kappa shape index (κ2) is 4.98. The molecule has 2 N–H and O–H groups in total. The maximum Gasteiger partial charge on any atom is 0.211 e. The van der Waals surface area contributed by atoms with Crippen LogP contribution in [-0.2, 0) is 6.54 Å². The molecule has 1 aromatic carbocycles. The first kappa shape index (κ1) is 12.9. The lowest BCUT2D eigenvalue weighted by Crippen LogP contribution is -2.12. The first-order chi connectivity index (χ1) is 8.54. The van der Waals surface area contributed by atoms with Gasteiger partial charge in [-0.3, -0.25) is 4.79 Å². The summed E-state index contributed by atoms with van der Waals surface area (Å²) < 4.78 is 2.90. The van der Waals surface area contributed by atoms with Crippen LogP contribution in [0.5, 0.6) is 0 Å². The molecule has 1 aromatic heterocycles. The van der Waals surface area contributed by atoms with E-state index < -0.39 is 0 Å². The van der Waals surface area contributed by atoms with Gasteiger partial charge in [0.15, 0.2) is 0 Å². The van der Waals surface area contributed by atoms with Crippen molar-refractivity contribution in [2.24, 2.45) is 0 Å². The van der Waals surface area contributed by atoms with E-state index in [9.17, 15) is 4.79 Å². The molecule has 0 aliphatic carbocycles. The van der Waals surface area contributed by atoms with Crippen LogP contribution in [0.25, 0.3) is 0 Å². The molecule has 2 rings (SSSR count). The molecule has 2 aromatic rings. The predicted molar refractivity (Wildman–Crippen MR) is 76.8 cm³/mol. The third-order valence-corrected chi connectivity index (χ3v) is 3.50. The first-order valence-corrected chi connectivity index (χ1v) is 6.59.